The first-order valence-electron chi connectivity index (χ1n) is 13.3. The number of benzene rings is 2. The van der Waals surface area contributed by atoms with Gasteiger partial charge in [-0.1, -0.05) is 24.3 Å². The summed E-state index contributed by atoms with van der Waals surface area (Å²) in [4.78, 5) is 35.6. The zero-order valence-corrected chi connectivity index (χ0v) is 22.8. The van der Waals surface area contributed by atoms with Crippen LogP contribution >= 0.6 is 0 Å². The number of piperazine rings is 1. The fraction of sp³-hybridized carbons (Fsp3) is 0.258. The molecule has 2 N–H and O–H groups in total. The molecule has 212 valence electrons. The van der Waals surface area contributed by atoms with Gasteiger partial charge in [0.15, 0.2) is 0 Å². The lowest BCUT2D eigenvalue weighted by atomic mass is 10.0. The molecule has 1 aliphatic heterocycles. The summed E-state index contributed by atoms with van der Waals surface area (Å²) >= 11 is 0. The number of nitrogens with zero attached hydrogens (tertiary/aromatic N) is 3. The van der Waals surface area contributed by atoms with Gasteiger partial charge in [-0.2, -0.15) is 13.2 Å². The van der Waals surface area contributed by atoms with E-state index in [-0.39, 0.29) is 23.4 Å². The smallest absolute Gasteiger partial charge is 0.322 e. The lowest BCUT2D eigenvalue weighted by Crippen LogP contribution is -2.44. The predicted molar refractivity (Wildman–Crippen MR) is 155 cm³/mol. The van der Waals surface area contributed by atoms with Gasteiger partial charge in [-0.05, 0) is 72.6 Å². The van der Waals surface area contributed by atoms with E-state index in [4.69, 9.17) is 0 Å². The second-order valence-electron chi connectivity index (χ2n) is 10.3. The van der Waals surface area contributed by atoms with E-state index < -0.39 is 17.6 Å². The highest BCUT2D eigenvalue weighted by Gasteiger charge is 2.34. The third-order valence-corrected chi connectivity index (χ3v) is 7.25. The quantitative estimate of drug-likeness (QED) is 0.329. The Morgan fingerprint density at radius 2 is 1.80 bits per heavy atom. The highest BCUT2D eigenvalue weighted by atomic mass is 19.4. The maximum Gasteiger partial charge on any atom is 0.416 e. The number of aryl methyl sites for hydroxylation is 1. The van der Waals surface area contributed by atoms with Crippen LogP contribution in [0, 0.1) is 6.92 Å². The number of anilines is 1. The topological polar surface area (TPSA) is 81.3 Å². The molecular formula is C31H30F3N5O2. The Labute approximate surface area is 235 Å². The number of hydrogen-bond acceptors (Lipinski definition) is 5. The van der Waals surface area contributed by atoms with Crippen molar-refractivity contribution in [3.8, 4) is 0 Å². The summed E-state index contributed by atoms with van der Waals surface area (Å²) in [6.07, 6.45) is 0.773. The van der Waals surface area contributed by atoms with Crippen LogP contribution in [0.2, 0.25) is 0 Å². The van der Waals surface area contributed by atoms with Crippen molar-refractivity contribution in [3.05, 3.63) is 105 Å². The minimum Gasteiger partial charge on any atom is -0.322 e. The van der Waals surface area contributed by atoms with Gasteiger partial charge in [0.2, 0.25) is 5.56 Å². The summed E-state index contributed by atoms with van der Waals surface area (Å²) in [5, 5.41) is 3.41. The molecule has 0 aliphatic carbocycles. The number of halogens is 3. The van der Waals surface area contributed by atoms with Gasteiger partial charge in [-0.25, -0.2) is 4.98 Å². The number of aromatic nitrogens is 2. The Balaban J connectivity index is 1.33. The third-order valence-electron chi connectivity index (χ3n) is 7.25. The number of hydrogen-bond donors (Lipinski definition) is 2. The molecule has 1 amide bonds. The summed E-state index contributed by atoms with van der Waals surface area (Å²) in [6.45, 7) is 5.13. The summed E-state index contributed by atoms with van der Waals surface area (Å²) in [5.74, 6) is -0.504. The summed E-state index contributed by atoms with van der Waals surface area (Å²) < 4.78 is 41.9. The lowest BCUT2D eigenvalue weighted by Gasteiger charge is -2.33. The van der Waals surface area contributed by atoms with Gasteiger partial charge in [0.1, 0.15) is 5.65 Å². The number of alkyl halides is 3. The number of carbonyl (C=O) groups excluding carboxylic acids is 1. The summed E-state index contributed by atoms with van der Waals surface area (Å²) in [7, 11) is 2.00. The zero-order valence-electron chi connectivity index (χ0n) is 22.8. The monoisotopic (exact) mass is 561 g/mol. The molecule has 10 heteroatoms. The number of rotatable bonds is 6. The predicted octanol–water partition coefficient (Wildman–Crippen LogP) is 5.42. The molecule has 0 bridgehead atoms. The van der Waals surface area contributed by atoms with Crippen LogP contribution < -0.4 is 10.9 Å². The second kappa shape index (κ2) is 11.7. The lowest BCUT2D eigenvalue weighted by molar-refractivity contribution is -0.138. The molecule has 2 aromatic heterocycles. The molecule has 0 saturated carbocycles. The van der Waals surface area contributed by atoms with Crippen molar-refractivity contribution in [3.63, 3.8) is 0 Å². The zero-order chi connectivity index (χ0) is 29.1. The molecule has 1 aliphatic rings. The van der Waals surface area contributed by atoms with Gasteiger partial charge in [0, 0.05) is 61.6 Å². The van der Waals surface area contributed by atoms with Gasteiger partial charge >= 0.3 is 6.18 Å². The molecule has 3 heterocycles. The first-order chi connectivity index (χ1) is 19.5. The normalized spacial score (nSPS) is 15.0. The minimum absolute atomic E-state index is 0.0856. The average molecular weight is 562 g/mol. The number of nitrogens with one attached hydrogen (secondary N) is 2. The Morgan fingerprint density at radius 1 is 1.02 bits per heavy atom. The van der Waals surface area contributed by atoms with Gasteiger partial charge < -0.3 is 15.2 Å². The number of fused-ring (bicyclic) bond motifs is 1. The van der Waals surface area contributed by atoms with E-state index in [0.29, 0.717) is 24.3 Å². The van der Waals surface area contributed by atoms with Gasteiger partial charge in [0.25, 0.3) is 5.91 Å². The van der Waals surface area contributed by atoms with Crippen LogP contribution in [0.15, 0.2) is 65.6 Å². The van der Waals surface area contributed by atoms with Crippen molar-refractivity contribution in [2.75, 3.05) is 38.5 Å². The minimum atomic E-state index is -4.54. The van der Waals surface area contributed by atoms with Crippen LogP contribution in [-0.4, -0.2) is 58.9 Å². The first-order valence-corrected chi connectivity index (χ1v) is 13.3. The van der Waals surface area contributed by atoms with Crippen molar-refractivity contribution in [1.29, 1.82) is 0 Å². The van der Waals surface area contributed by atoms with Crippen molar-refractivity contribution < 1.29 is 18.0 Å². The van der Waals surface area contributed by atoms with Crippen LogP contribution in [-0.2, 0) is 12.7 Å². The fourth-order valence-electron chi connectivity index (χ4n) is 4.80. The van der Waals surface area contributed by atoms with E-state index in [9.17, 15) is 22.8 Å². The van der Waals surface area contributed by atoms with E-state index in [1.165, 1.54) is 18.2 Å². The highest BCUT2D eigenvalue weighted by Crippen LogP contribution is 2.35. The van der Waals surface area contributed by atoms with Crippen LogP contribution in [0.25, 0.3) is 23.2 Å². The summed E-state index contributed by atoms with van der Waals surface area (Å²) in [5.41, 5.74) is 2.62. The van der Waals surface area contributed by atoms with Gasteiger partial charge in [0.05, 0.1) is 5.56 Å². The van der Waals surface area contributed by atoms with Gasteiger partial charge in [-0.15, -0.1) is 0 Å². The van der Waals surface area contributed by atoms with E-state index >= 15 is 0 Å². The fourth-order valence-corrected chi connectivity index (χ4v) is 4.80. The molecule has 0 atom stereocenters. The number of pyridine rings is 2. The molecule has 2 aromatic carbocycles. The number of carbonyl (C=O) groups is 1. The van der Waals surface area contributed by atoms with Crippen molar-refractivity contribution in [2.24, 2.45) is 0 Å². The van der Waals surface area contributed by atoms with Crippen molar-refractivity contribution >= 4 is 34.8 Å². The molecule has 0 spiro atoms. The Bertz CT molecular complexity index is 1670. The van der Waals surface area contributed by atoms with Crippen LogP contribution in [0.5, 0.6) is 0 Å². The van der Waals surface area contributed by atoms with Gasteiger partial charge in [-0.3, -0.25) is 14.5 Å². The van der Waals surface area contributed by atoms with Crippen LogP contribution in [0.3, 0.4) is 0 Å². The van der Waals surface area contributed by atoms with E-state index in [0.717, 1.165) is 41.2 Å². The number of likely N-dealkylation sites (N-methyl/N-ethyl adjacent to an activating group) is 1. The van der Waals surface area contributed by atoms with Crippen LogP contribution in [0.1, 0.15) is 38.2 Å². The average Bonchev–Trinajstić information content (AvgIpc) is 2.94. The maximum atomic E-state index is 14.0. The highest BCUT2D eigenvalue weighted by molar-refractivity contribution is 6.04. The Morgan fingerprint density at radius 3 is 2.56 bits per heavy atom. The molecule has 0 unspecified atom stereocenters. The van der Waals surface area contributed by atoms with E-state index in [2.05, 4.69) is 20.2 Å². The number of aromatic amines is 1. The molecule has 1 saturated heterocycles. The number of amides is 1. The molecule has 7 nitrogen and oxygen atoms in total. The largest absolute Gasteiger partial charge is 0.416 e. The molecule has 1 fully saturated rings. The Hall–Kier alpha value is -4.28. The molecular weight excluding hydrogens is 531 g/mol. The SMILES string of the molecule is Cc1ccc(C(=O)Nc2ccc(CN3CCN(C)CC3)c(C(F)(F)F)c2)cc1/C=C/c1cnc2[nH]c(=O)ccc2c1. The van der Waals surface area contributed by atoms with Crippen molar-refractivity contribution in [2.45, 2.75) is 19.6 Å². The molecule has 41 heavy (non-hydrogen) atoms. The van der Waals surface area contributed by atoms with E-state index in [1.54, 1.807) is 30.5 Å². The van der Waals surface area contributed by atoms with E-state index in [1.807, 2.05) is 37.1 Å². The Kier molecular flexibility index (Phi) is 8.05. The standard InChI is InChI=1S/C31H30F3N5O2/c1-20-3-5-24(16-22(20)6-4-21-15-23-8-10-28(40)37-29(23)35-18-21)30(41)36-26-9-7-25(27(17-26)31(32,33)34)19-39-13-11-38(2)12-14-39/h3-10,15-18H,11-14,19H2,1-2H3,(H,36,41)(H,35,37,40)/b6-4+. The maximum absolute atomic E-state index is 14.0. The first kappa shape index (κ1) is 28.3. The van der Waals surface area contributed by atoms with Crippen LogP contribution in [0.4, 0.5) is 18.9 Å². The number of H-pyrrole nitrogens is 1. The summed E-state index contributed by atoms with van der Waals surface area (Å²) in [6, 6.07) is 14.1. The second-order valence-corrected chi connectivity index (χ2v) is 10.3. The molecule has 0 radical (unpaired) electrons. The van der Waals surface area contributed by atoms with Crippen molar-refractivity contribution in [1.82, 2.24) is 19.8 Å². The molecule has 4 aromatic rings. The molecule has 5 rings (SSSR count). The third kappa shape index (κ3) is 6.90.